The lowest BCUT2D eigenvalue weighted by molar-refractivity contribution is 0.414. The summed E-state index contributed by atoms with van der Waals surface area (Å²) in [5.74, 6) is 1.35. The van der Waals surface area contributed by atoms with Crippen LogP contribution in [0.5, 0.6) is 11.5 Å². The van der Waals surface area contributed by atoms with Crippen LogP contribution in [-0.2, 0) is 0 Å². The van der Waals surface area contributed by atoms with E-state index in [-0.39, 0.29) is 5.75 Å². The van der Waals surface area contributed by atoms with Crippen LogP contribution in [0.15, 0.2) is 46.9 Å². The molecule has 3 aromatic rings. The highest BCUT2D eigenvalue weighted by Crippen LogP contribution is 2.32. The van der Waals surface area contributed by atoms with Crippen molar-refractivity contribution in [3.8, 4) is 23.0 Å². The standard InChI is InChI=1S/C14H11NO3/c1-17-12-5-3-2-4-10(12)14-15-11-8-9(16)6-7-13(11)18-14/h2-8,16H,1H3. The van der Waals surface area contributed by atoms with E-state index in [1.807, 2.05) is 24.3 Å². The molecule has 0 saturated heterocycles. The molecule has 0 aliphatic heterocycles. The highest BCUT2D eigenvalue weighted by molar-refractivity contribution is 5.78. The number of benzene rings is 2. The first kappa shape index (κ1) is 10.7. The van der Waals surface area contributed by atoms with Crippen molar-refractivity contribution in [1.82, 2.24) is 4.98 Å². The summed E-state index contributed by atoms with van der Waals surface area (Å²) in [6.07, 6.45) is 0. The average Bonchev–Trinajstić information content (AvgIpc) is 2.81. The number of phenols is 1. The molecule has 0 radical (unpaired) electrons. The van der Waals surface area contributed by atoms with Gasteiger partial charge in [-0.1, -0.05) is 12.1 Å². The van der Waals surface area contributed by atoms with Crippen molar-refractivity contribution in [1.29, 1.82) is 0 Å². The zero-order valence-corrected chi connectivity index (χ0v) is 9.75. The molecule has 18 heavy (non-hydrogen) atoms. The number of fused-ring (bicyclic) bond motifs is 1. The zero-order chi connectivity index (χ0) is 12.5. The van der Waals surface area contributed by atoms with Gasteiger partial charge in [0.15, 0.2) is 5.58 Å². The zero-order valence-electron chi connectivity index (χ0n) is 9.75. The van der Waals surface area contributed by atoms with Crippen LogP contribution in [0.4, 0.5) is 0 Å². The largest absolute Gasteiger partial charge is 0.508 e. The third-order valence-corrected chi connectivity index (χ3v) is 2.71. The number of aromatic hydroxyl groups is 1. The normalized spacial score (nSPS) is 10.7. The van der Waals surface area contributed by atoms with E-state index in [2.05, 4.69) is 4.98 Å². The van der Waals surface area contributed by atoms with Crippen molar-refractivity contribution in [3.63, 3.8) is 0 Å². The van der Waals surface area contributed by atoms with E-state index in [1.54, 1.807) is 25.3 Å². The topological polar surface area (TPSA) is 55.5 Å². The number of phenolic OH excluding ortho intramolecular Hbond substituents is 1. The van der Waals surface area contributed by atoms with E-state index < -0.39 is 0 Å². The summed E-state index contributed by atoms with van der Waals surface area (Å²) >= 11 is 0. The van der Waals surface area contributed by atoms with Crippen LogP contribution in [0.2, 0.25) is 0 Å². The molecular weight excluding hydrogens is 230 g/mol. The second-order valence-electron chi connectivity index (χ2n) is 3.87. The summed E-state index contributed by atoms with van der Waals surface area (Å²) in [6.45, 7) is 0. The van der Waals surface area contributed by atoms with Crippen LogP contribution in [0.1, 0.15) is 0 Å². The van der Waals surface area contributed by atoms with E-state index in [4.69, 9.17) is 9.15 Å². The molecule has 0 aliphatic carbocycles. The van der Waals surface area contributed by atoms with Gasteiger partial charge in [-0.05, 0) is 24.3 Å². The lowest BCUT2D eigenvalue weighted by Crippen LogP contribution is -1.86. The van der Waals surface area contributed by atoms with Gasteiger partial charge in [0, 0.05) is 6.07 Å². The predicted molar refractivity (Wildman–Crippen MR) is 67.7 cm³/mol. The smallest absolute Gasteiger partial charge is 0.231 e. The molecule has 0 unspecified atom stereocenters. The lowest BCUT2D eigenvalue weighted by atomic mass is 10.2. The molecule has 90 valence electrons. The van der Waals surface area contributed by atoms with Crippen molar-refractivity contribution >= 4 is 11.1 Å². The molecule has 0 fully saturated rings. The van der Waals surface area contributed by atoms with E-state index in [0.717, 1.165) is 5.56 Å². The summed E-state index contributed by atoms with van der Waals surface area (Å²) in [5.41, 5.74) is 2.04. The Balaban J connectivity index is 2.19. The van der Waals surface area contributed by atoms with Gasteiger partial charge < -0.3 is 14.3 Å². The van der Waals surface area contributed by atoms with Gasteiger partial charge in [0.25, 0.3) is 0 Å². The number of para-hydroxylation sites is 1. The molecule has 1 heterocycles. The summed E-state index contributed by atoms with van der Waals surface area (Å²) < 4.78 is 10.9. The average molecular weight is 241 g/mol. The molecule has 2 aromatic carbocycles. The Morgan fingerprint density at radius 3 is 2.83 bits per heavy atom. The maximum absolute atomic E-state index is 9.40. The molecule has 1 N–H and O–H groups in total. The van der Waals surface area contributed by atoms with Crippen LogP contribution in [0, 0.1) is 0 Å². The molecule has 4 heteroatoms. The van der Waals surface area contributed by atoms with Gasteiger partial charge in [0.05, 0.1) is 12.7 Å². The van der Waals surface area contributed by atoms with Gasteiger partial charge in [-0.25, -0.2) is 4.98 Å². The fraction of sp³-hybridized carbons (Fsp3) is 0.0714. The molecule has 1 aromatic heterocycles. The first-order valence-electron chi connectivity index (χ1n) is 5.51. The molecule has 0 spiro atoms. The van der Waals surface area contributed by atoms with Gasteiger partial charge in [0.1, 0.15) is 17.0 Å². The number of rotatable bonds is 2. The predicted octanol–water partition coefficient (Wildman–Crippen LogP) is 3.21. The quantitative estimate of drug-likeness (QED) is 0.748. The SMILES string of the molecule is COc1ccccc1-c1nc2cc(O)ccc2o1. The molecule has 0 atom stereocenters. The highest BCUT2D eigenvalue weighted by atomic mass is 16.5. The molecule has 0 saturated carbocycles. The Labute approximate surface area is 103 Å². The summed E-state index contributed by atoms with van der Waals surface area (Å²) in [6, 6.07) is 12.3. The third-order valence-electron chi connectivity index (χ3n) is 2.71. The number of hydrogen-bond donors (Lipinski definition) is 1. The Morgan fingerprint density at radius 1 is 1.17 bits per heavy atom. The van der Waals surface area contributed by atoms with E-state index >= 15 is 0 Å². The van der Waals surface area contributed by atoms with Gasteiger partial charge >= 0.3 is 0 Å². The van der Waals surface area contributed by atoms with Crippen LogP contribution < -0.4 is 4.74 Å². The van der Waals surface area contributed by atoms with Crippen molar-refractivity contribution in [2.24, 2.45) is 0 Å². The Hall–Kier alpha value is -2.49. The van der Waals surface area contributed by atoms with Gasteiger partial charge in [-0.3, -0.25) is 0 Å². The molecule has 4 nitrogen and oxygen atoms in total. The number of nitrogens with zero attached hydrogens (tertiary/aromatic N) is 1. The summed E-state index contributed by atoms with van der Waals surface area (Å²) in [4.78, 5) is 4.35. The van der Waals surface area contributed by atoms with Gasteiger partial charge in [0.2, 0.25) is 5.89 Å². The van der Waals surface area contributed by atoms with Crippen LogP contribution in [-0.4, -0.2) is 17.2 Å². The Bertz CT molecular complexity index is 703. The van der Waals surface area contributed by atoms with Crippen LogP contribution >= 0.6 is 0 Å². The fourth-order valence-electron chi connectivity index (χ4n) is 1.85. The van der Waals surface area contributed by atoms with Crippen molar-refractivity contribution in [2.75, 3.05) is 7.11 Å². The molecule has 0 amide bonds. The highest BCUT2D eigenvalue weighted by Gasteiger charge is 2.12. The number of ether oxygens (including phenoxy) is 1. The first-order valence-corrected chi connectivity index (χ1v) is 5.51. The second-order valence-corrected chi connectivity index (χ2v) is 3.87. The summed E-state index contributed by atoms with van der Waals surface area (Å²) in [5, 5.41) is 9.40. The number of oxazole rings is 1. The van der Waals surface area contributed by atoms with Crippen molar-refractivity contribution in [3.05, 3.63) is 42.5 Å². The molecule has 0 bridgehead atoms. The van der Waals surface area contributed by atoms with E-state index in [1.165, 1.54) is 0 Å². The molecule has 0 aliphatic rings. The monoisotopic (exact) mass is 241 g/mol. The van der Waals surface area contributed by atoms with Crippen LogP contribution in [0.25, 0.3) is 22.6 Å². The van der Waals surface area contributed by atoms with E-state index in [9.17, 15) is 5.11 Å². The minimum Gasteiger partial charge on any atom is -0.508 e. The van der Waals surface area contributed by atoms with Gasteiger partial charge in [-0.2, -0.15) is 0 Å². The van der Waals surface area contributed by atoms with E-state index in [0.29, 0.717) is 22.7 Å². The minimum absolute atomic E-state index is 0.169. The lowest BCUT2D eigenvalue weighted by Gasteiger charge is -2.03. The molecular formula is C14H11NO3. The number of hydrogen-bond acceptors (Lipinski definition) is 4. The maximum Gasteiger partial charge on any atom is 0.231 e. The van der Waals surface area contributed by atoms with Crippen LogP contribution in [0.3, 0.4) is 0 Å². The first-order chi connectivity index (χ1) is 8.78. The third kappa shape index (κ3) is 1.68. The Morgan fingerprint density at radius 2 is 2.00 bits per heavy atom. The number of methoxy groups -OCH3 is 1. The Kier molecular flexibility index (Phi) is 2.41. The maximum atomic E-state index is 9.40. The van der Waals surface area contributed by atoms with Crippen molar-refractivity contribution in [2.45, 2.75) is 0 Å². The molecule has 3 rings (SSSR count). The van der Waals surface area contributed by atoms with Gasteiger partial charge in [-0.15, -0.1) is 0 Å². The number of aromatic nitrogens is 1. The minimum atomic E-state index is 0.169. The fourth-order valence-corrected chi connectivity index (χ4v) is 1.85. The summed E-state index contributed by atoms with van der Waals surface area (Å²) in [7, 11) is 1.60. The van der Waals surface area contributed by atoms with Crippen molar-refractivity contribution < 1.29 is 14.3 Å². The second kappa shape index (κ2) is 4.07.